The van der Waals surface area contributed by atoms with E-state index in [1.807, 2.05) is 56.0 Å². The van der Waals surface area contributed by atoms with Gasteiger partial charge in [-0.3, -0.25) is 14.9 Å². The van der Waals surface area contributed by atoms with E-state index in [0.29, 0.717) is 11.3 Å². The second-order valence-electron chi connectivity index (χ2n) is 8.08. The molecule has 8 heteroatoms. The first kappa shape index (κ1) is 23.5. The summed E-state index contributed by atoms with van der Waals surface area (Å²) in [5, 5.41) is 5.96. The second-order valence-corrected chi connectivity index (χ2v) is 8.49. The number of aryl methyl sites for hydroxylation is 1. The number of methoxy groups -OCH3 is 1. The predicted octanol–water partition coefficient (Wildman–Crippen LogP) is 3.44. The van der Waals surface area contributed by atoms with Gasteiger partial charge in [0.25, 0.3) is 5.91 Å². The number of ether oxygens (including phenoxy) is 1. The summed E-state index contributed by atoms with van der Waals surface area (Å²) in [5.41, 5.74) is 3.18. The van der Waals surface area contributed by atoms with Crippen LogP contribution >= 0.6 is 12.2 Å². The number of carbonyl (C=O) groups is 2. The molecule has 3 rings (SSSR count). The lowest BCUT2D eigenvalue weighted by atomic mass is 10.1. The predicted molar refractivity (Wildman–Crippen MR) is 131 cm³/mol. The van der Waals surface area contributed by atoms with E-state index in [0.717, 1.165) is 43.1 Å². The molecule has 0 spiro atoms. The van der Waals surface area contributed by atoms with Gasteiger partial charge in [-0.05, 0) is 55.0 Å². The second kappa shape index (κ2) is 10.5. The van der Waals surface area contributed by atoms with Crippen molar-refractivity contribution in [2.75, 3.05) is 43.5 Å². The molecule has 0 saturated carbocycles. The number of carbonyl (C=O) groups excluding carboxylic acids is 2. The summed E-state index contributed by atoms with van der Waals surface area (Å²) in [5.74, 6) is 0.451. The molecular formula is C24H30N4O3S. The van der Waals surface area contributed by atoms with Gasteiger partial charge < -0.3 is 19.9 Å². The molecule has 2 amide bonds. The molecule has 2 aromatic rings. The zero-order chi connectivity index (χ0) is 23.3. The number of hydrogen-bond donors (Lipinski definition) is 2. The Hall–Kier alpha value is -3.13. The van der Waals surface area contributed by atoms with Gasteiger partial charge in [0.15, 0.2) is 5.11 Å². The van der Waals surface area contributed by atoms with Crippen molar-refractivity contribution in [3.63, 3.8) is 0 Å². The number of benzene rings is 2. The van der Waals surface area contributed by atoms with Crippen molar-refractivity contribution < 1.29 is 14.3 Å². The molecule has 170 valence electrons. The molecule has 0 radical (unpaired) electrons. The quantitative estimate of drug-likeness (QED) is 0.675. The van der Waals surface area contributed by atoms with Crippen LogP contribution in [0.25, 0.3) is 0 Å². The van der Waals surface area contributed by atoms with Gasteiger partial charge in [-0.1, -0.05) is 26.0 Å². The minimum Gasteiger partial charge on any atom is -0.496 e. The molecule has 0 atom stereocenters. The topological polar surface area (TPSA) is 73.9 Å². The molecule has 2 aromatic carbocycles. The Labute approximate surface area is 194 Å². The molecule has 7 nitrogen and oxygen atoms in total. The first-order chi connectivity index (χ1) is 15.3. The highest BCUT2D eigenvalue weighted by Gasteiger charge is 2.23. The highest BCUT2D eigenvalue weighted by atomic mass is 32.1. The van der Waals surface area contributed by atoms with Gasteiger partial charge in [0.1, 0.15) is 5.75 Å². The summed E-state index contributed by atoms with van der Waals surface area (Å²) in [4.78, 5) is 29.0. The van der Waals surface area contributed by atoms with E-state index in [9.17, 15) is 9.59 Å². The summed E-state index contributed by atoms with van der Waals surface area (Å²) in [6.45, 7) is 8.83. The molecule has 1 heterocycles. The van der Waals surface area contributed by atoms with Crippen molar-refractivity contribution in [1.82, 2.24) is 10.2 Å². The maximum atomic E-state index is 12.6. The fourth-order valence-electron chi connectivity index (χ4n) is 3.74. The zero-order valence-electron chi connectivity index (χ0n) is 19.0. The van der Waals surface area contributed by atoms with E-state index < -0.39 is 0 Å². The molecule has 0 unspecified atom stereocenters. The Morgan fingerprint density at radius 2 is 1.69 bits per heavy atom. The normalized spacial score (nSPS) is 13.7. The number of thiocarbonyl (C=S) groups is 1. The number of piperazine rings is 1. The smallest absolute Gasteiger partial charge is 0.261 e. The van der Waals surface area contributed by atoms with Gasteiger partial charge in [0.05, 0.1) is 12.7 Å². The molecule has 1 saturated heterocycles. The van der Waals surface area contributed by atoms with E-state index in [1.165, 1.54) is 0 Å². The third-order valence-electron chi connectivity index (χ3n) is 5.46. The SMILES string of the molecule is COc1c(C)cccc1C(=O)NC(=S)Nc1ccc(N2CCN(C(=O)C(C)C)CC2)cc1. The van der Waals surface area contributed by atoms with Crippen molar-refractivity contribution in [3.8, 4) is 5.75 Å². The third-order valence-corrected chi connectivity index (χ3v) is 5.67. The maximum Gasteiger partial charge on any atom is 0.261 e. The molecule has 1 aliphatic heterocycles. The molecule has 0 aliphatic carbocycles. The summed E-state index contributed by atoms with van der Waals surface area (Å²) in [7, 11) is 1.54. The van der Waals surface area contributed by atoms with E-state index in [1.54, 1.807) is 19.2 Å². The molecule has 1 fully saturated rings. The average molecular weight is 455 g/mol. The van der Waals surface area contributed by atoms with Gasteiger partial charge in [-0.2, -0.15) is 0 Å². The number of anilines is 2. The first-order valence-corrected chi connectivity index (χ1v) is 11.1. The van der Waals surface area contributed by atoms with E-state index in [-0.39, 0.29) is 22.8 Å². The monoisotopic (exact) mass is 454 g/mol. The lowest BCUT2D eigenvalue weighted by molar-refractivity contribution is -0.134. The van der Waals surface area contributed by atoms with E-state index in [2.05, 4.69) is 15.5 Å². The number of amides is 2. The number of rotatable bonds is 5. The largest absolute Gasteiger partial charge is 0.496 e. The van der Waals surface area contributed by atoms with Gasteiger partial charge >= 0.3 is 0 Å². The number of hydrogen-bond acceptors (Lipinski definition) is 5. The van der Waals surface area contributed by atoms with Crippen molar-refractivity contribution in [1.29, 1.82) is 0 Å². The van der Waals surface area contributed by atoms with Crippen LogP contribution in [-0.4, -0.2) is 55.1 Å². The standard InChI is InChI=1S/C24H30N4O3S/c1-16(2)23(30)28-14-12-27(13-15-28)19-10-8-18(9-11-19)25-24(32)26-22(29)20-7-5-6-17(3)21(20)31-4/h5-11,16H,12-15H2,1-4H3,(H2,25,26,29,32). The molecule has 0 aromatic heterocycles. The Morgan fingerprint density at radius 3 is 2.28 bits per heavy atom. The highest BCUT2D eigenvalue weighted by molar-refractivity contribution is 7.80. The van der Waals surface area contributed by atoms with Crippen molar-refractivity contribution in [3.05, 3.63) is 53.6 Å². The van der Waals surface area contributed by atoms with Crippen LogP contribution in [0.1, 0.15) is 29.8 Å². The van der Waals surface area contributed by atoms with E-state index >= 15 is 0 Å². The number of para-hydroxylation sites is 1. The van der Waals surface area contributed by atoms with Crippen molar-refractivity contribution >= 4 is 40.5 Å². The maximum absolute atomic E-state index is 12.6. The molecule has 0 bridgehead atoms. The summed E-state index contributed by atoms with van der Waals surface area (Å²) < 4.78 is 5.35. The van der Waals surface area contributed by atoms with Gasteiger partial charge in [0.2, 0.25) is 5.91 Å². The lowest BCUT2D eigenvalue weighted by Gasteiger charge is -2.37. The Bertz CT molecular complexity index is 983. The van der Waals surface area contributed by atoms with Crippen LogP contribution in [0.15, 0.2) is 42.5 Å². The zero-order valence-corrected chi connectivity index (χ0v) is 19.8. The van der Waals surface area contributed by atoms with Crippen LogP contribution in [0.3, 0.4) is 0 Å². The van der Waals surface area contributed by atoms with Crippen LogP contribution in [0.2, 0.25) is 0 Å². The lowest BCUT2D eigenvalue weighted by Crippen LogP contribution is -2.49. The molecule has 32 heavy (non-hydrogen) atoms. The highest BCUT2D eigenvalue weighted by Crippen LogP contribution is 2.23. The van der Waals surface area contributed by atoms with Crippen LogP contribution in [0.4, 0.5) is 11.4 Å². The minimum atomic E-state index is -0.325. The molecule has 1 aliphatic rings. The number of nitrogens with zero attached hydrogens (tertiary/aromatic N) is 2. The summed E-state index contributed by atoms with van der Waals surface area (Å²) in [6, 6.07) is 13.3. The molecular weight excluding hydrogens is 424 g/mol. The van der Waals surface area contributed by atoms with Crippen LogP contribution < -0.4 is 20.3 Å². The third kappa shape index (κ3) is 5.56. The van der Waals surface area contributed by atoms with Gasteiger partial charge in [-0.25, -0.2) is 0 Å². The van der Waals surface area contributed by atoms with Crippen LogP contribution in [0.5, 0.6) is 5.75 Å². The van der Waals surface area contributed by atoms with Gasteiger partial charge in [-0.15, -0.1) is 0 Å². The fraction of sp³-hybridized carbons (Fsp3) is 0.375. The fourth-order valence-corrected chi connectivity index (χ4v) is 3.95. The number of nitrogens with one attached hydrogen (secondary N) is 2. The molecule has 2 N–H and O–H groups in total. The summed E-state index contributed by atoms with van der Waals surface area (Å²) in [6.07, 6.45) is 0. The van der Waals surface area contributed by atoms with Crippen molar-refractivity contribution in [2.24, 2.45) is 5.92 Å². The minimum absolute atomic E-state index is 0.0308. The van der Waals surface area contributed by atoms with Crippen LogP contribution in [-0.2, 0) is 4.79 Å². The summed E-state index contributed by atoms with van der Waals surface area (Å²) >= 11 is 5.31. The van der Waals surface area contributed by atoms with E-state index in [4.69, 9.17) is 17.0 Å². The Kier molecular flexibility index (Phi) is 7.69. The van der Waals surface area contributed by atoms with Crippen molar-refractivity contribution in [2.45, 2.75) is 20.8 Å². The van der Waals surface area contributed by atoms with Gasteiger partial charge in [0, 0.05) is 43.5 Å². The average Bonchev–Trinajstić information content (AvgIpc) is 2.78. The first-order valence-electron chi connectivity index (χ1n) is 10.7. The van der Waals surface area contributed by atoms with Crippen LogP contribution in [0, 0.1) is 12.8 Å². The Balaban J connectivity index is 1.55. The Morgan fingerprint density at radius 1 is 1.03 bits per heavy atom.